The minimum Gasteiger partial charge on any atom is -0.345 e. The van der Waals surface area contributed by atoms with Crippen LogP contribution in [0.2, 0.25) is 0 Å². The predicted molar refractivity (Wildman–Crippen MR) is 89.4 cm³/mol. The number of hydrogen-bond donors (Lipinski definition) is 0. The molecule has 0 spiro atoms. The molecule has 0 N–H and O–H groups in total. The maximum Gasteiger partial charge on any atom is 0.390 e. The van der Waals surface area contributed by atoms with Crippen LogP contribution in [0.5, 0.6) is 0 Å². The van der Waals surface area contributed by atoms with Crippen LogP contribution in [-0.2, 0) is 17.9 Å². The first kappa shape index (κ1) is 19.1. The molecule has 2 aromatic rings. The van der Waals surface area contributed by atoms with E-state index in [0.29, 0.717) is 6.54 Å². The largest absolute Gasteiger partial charge is 0.390 e. The summed E-state index contributed by atoms with van der Waals surface area (Å²) >= 11 is 0. The van der Waals surface area contributed by atoms with Gasteiger partial charge in [0.1, 0.15) is 0 Å². The van der Waals surface area contributed by atoms with Gasteiger partial charge in [0.05, 0.1) is 17.5 Å². The van der Waals surface area contributed by atoms with Crippen molar-refractivity contribution in [1.29, 1.82) is 0 Å². The van der Waals surface area contributed by atoms with Crippen LogP contribution in [-0.4, -0.2) is 39.7 Å². The molecule has 1 amide bonds. The molecule has 0 bridgehead atoms. The highest BCUT2D eigenvalue weighted by Gasteiger charge is 2.28. The molecule has 0 saturated heterocycles. The highest BCUT2D eigenvalue weighted by Crippen LogP contribution is 2.19. The molecule has 0 unspecified atom stereocenters. The monoisotopic (exact) mass is 357 g/mol. The number of rotatable bonds is 7. The Balaban J connectivity index is 2.12. The number of amides is 1. The second kappa shape index (κ2) is 7.76. The van der Waals surface area contributed by atoms with Crippen molar-refractivity contribution in [2.75, 3.05) is 13.6 Å². The topological polar surface area (TPSA) is 47.2 Å². The number of hydrogen-bond acceptors (Lipinski definition) is 2. The first-order valence-electron chi connectivity index (χ1n) is 8.23. The van der Waals surface area contributed by atoms with Gasteiger partial charge in [0.2, 0.25) is 5.91 Å². The number of carbonyl (C=O) groups is 1. The van der Waals surface area contributed by atoms with Gasteiger partial charge in [-0.15, -0.1) is 0 Å². The summed E-state index contributed by atoms with van der Waals surface area (Å²) < 4.78 is 39.9. The maximum atomic E-state index is 12.6. The van der Waals surface area contributed by atoms with E-state index in [9.17, 15) is 22.8 Å². The van der Waals surface area contributed by atoms with Crippen LogP contribution in [0.1, 0.15) is 26.2 Å². The molecule has 0 atom stereocenters. The quantitative estimate of drug-likeness (QED) is 0.765. The smallest absolute Gasteiger partial charge is 0.345 e. The number of carbonyl (C=O) groups excluding carboxylic acids is 1. The van der Waals surface area contributed by atoms with Crippen LogP contribution >= 0.6 is 0 Å². The van der Waals surface area contributed by atoms with Gasteiger partial charge in [-0.2, -0.15) is 13.2 Å². The highest BCUT2D eigenvalue weighted by molar-refractivity contribution is 5.78. The Morgan fingerprint density at radius 3 is 2.20 bits per heavy atom. The van der Waals surface area contributed by atoms with Gasteiger partial charge in [-0.3, -0.25) is 13.9 Å². The lowest BCUT2D eigenvalue weighted by atomic mass is 10.3. The molecular formula is C17H22F3N3O2. The number of aryl methyl sites for hydroxylation is 2. The molecule has 138 valence electrons. The fourth-order valence-corrected chi connectivity index (χ4v) is 2.75. The van der Waals surface area contributed by atoms with Crippen molar-refractivity contribution in [3.63, 3.8) is 0 Å². The third kappa shape index (κ3) is 4.64. The second-order valence-electron chi connectivity index (χ2n) is 6.01. The van der Waals surface area contributed by atoms with Crippen molar-refractivity contribution in [3.8, 4) is 0 Å². The Labute approximate surface area is 143 Å². The summed E-state index contributed by atoms with van der Waals surface area (Å²) in [6.45, 7) is 2.31. The molecule has 0 aliphatic carbocycles. The Hall–Kier alpha value is -2.25. The fraction of sp³-hybridized carbons (Fsp3) is 0.529. The first-order valence-corrected chi connectivity index (χ1v) is 8.23. The second-order valence-corrected chi connectivity index (χ2v) is 6.01. The standard InChI is InChI=1S/C17H22F3N3O2/c1-3-10-22-13-6-4-5-7-14(13)23(16(22)25)11-8-15(24)21(2)12-9-17(18,19)20/h4-7H,3,8-12H2,1-2H3. The fourth-order valence-electron chi connectivity index (χ4n) is 2.75. The van der Waals surface area contributed by atoms with E-state index >= 15 is 0 Å². The summed E-state index contributed by atoms with van der Waals surface area (Å²) in [5.41, 5.74) is 1.33. The van der Waals surface area contributed by atoms with Gasteiger partial charge in [-0.05, 0) is 18.6 Å². The molecule has 2 rings (SSSR count). The number of halogens is 3. The van der Waals surface area contributed by atoms with Gasteiger partial charge in [0.15, 0.2) is 0 Å². The predicted octanol–water partition coefficient (Wildman–Crippen LogP) is 3.01. The van der Waals surface area contributed by atoms with E-state index in [1.54, 1.807) is 10.6 Å². The Morgan fingerprint density at radius 1 is 1.12 bits per heavy atom. The molecule has 0 aliphatic heterocycles. The summed E-state index contributed by atoms with van der Waals surface area (Å²) in [4.78, 5) is 25.7. The third-order valence-corrected chi connectivity index (χ3v) is 4.08. The molecule has 1 heterocycles. The van der Waals surface area contributed by atoms with Gasteiger partial charge in [0, 0.05) is 33.1 Å². The zero-order valence-electron chi connectivity index (χ0n) is 14.3. The molecule has 0 radical (unpaired) electrons. The van der Waals surface area contributed by atoms with E-state index in [4.69, 9.17) is 0 Å². The molecule has 0 fully saturated rings. The van der Waals surface area contributed by atoms with Crippen LogP contribution in [0.4, 0.5) is 13.2 Å². The summed E-state index contributed by atoms with van der Waals surface area (Å²) in [5, 5.41) is 0. The SMILES string of the molecule is CCCn1c(=O)n(CCC(=O)N(C)CCC(F)(F)F)c2ccccc21. The van der Waals surface area contributed by atoms with Crippen molar-refractivity contribution >= 4 is 16.9 Å². The Morgan fingerprint density at radius 2 is 1.68 bits per heavy atom. The normalized spacial score (nSPS) is 11.9. The van der Waals surface area contributed by atoms with Crippen molar-refractivity contribution in [2.24, 2.45) is 0 Å². The minimum absolute atomic E-state index is 0.0194. The first-order chi connectivity index (χ1) is 11.7. The van der Waals surface area contributed by atoms with E-state index in [2.05, 4.69) is 0 Å². The van der Waals surface area contributed by atoms with Crippen molar-refractivity contribution in [1.82, 2.24) is 14.0 Å². The minimum atomic E-state index is -4.29. The summed E-state index contributed by atoms with van der Waals surface area (Å²) in [6.07, 6.45) is -4.55. The van der Waals surface area contributed by atoms with Crippen molar-refractivity contribution in [3.05, 3.63) is 34.7 Å². The number of alkyl halides is 3. The number of nitrogens with zero attached hydrogens (tertiary/aromatic N) is 3. The molecule has 1 aromatic heterocycles. The zero-order valence-corrected chi connectivity index (χ0v) is 14.3. The number of imidazole rings is 1. The maximum absolute atomic E-state index is 12.6. The van der Waals surface area contributed by atoms with E-state index < -0.39 is 18.5 Å². The van der Waals surface area contributed by atoms with Crippen LogP contribution in [0.15, 0.2) is 29.1 Å². The van der Waals surface area contributed by atoms with Crippen molar-refractivity contribution in [2.45, 2.75) is 45.5 Å². The third-order valence-electron chi connectivity index (χ3n) is 4.08. The lowest BCUT2D eigenvalue weighted by molar-refractivity contribution is -0.144. The van der Waals surface area contributed by atoms with E-state index in [1.165, 1.54) is 11.6 Å². The van der Waals surface area contributed by atoms with Crippen LogP contribution in [0, 0.1) is 0 Å². The number of para-hydroxylation sites is 2. The molecule has 5 nitrogen and oxygen atoms in total. The molecule has 0 saturated carbocycles. The average molecular weight is 357 g/mol. The zero-order chi connectivity index (χ0) is 18.6. The number of aromatic nitrogens is 2. The van der Waals surface area contributed by atoms with Crippen LogP contribution in [0.25, 0.3) is 11.0 Å². The molecular weight excluding hydrogens is 335 g/mol. The molecule has 1 aromatic carbocycles. The van der Waals surface area contributed by atoms with Gasteiger partial charge >= 0.3 is 11.9 Å². The summed E-state index contributed by atoms with van der Waals surface area (Å²) in [7, 11) is 1.34. The van der Waals surface area contributed by atoms with Crippen molar-refractivity contribution < 1.29 is 18.0 Å². The Bertz CT molecular complexity index is 793. The van der Waals surface area contributed by atoms with Gasteiger partial charge < -0.3 is 4.90 Å². The van der Waals surface area contributed by atoms with E-state index in [0.717, 1.165) is 22.4 Å². The lowest BCUT2D eigenvalue weighted by Crippen LogP contribution is -2.32. The van der Waals surface area contributed by atoms with E-state index in [-0.39, 0.29) is 25.2 Å². The molecule has 25 heavy (non-hydrogen) atoms. The van der Waals surface area contributed by atoms with Gasteiger partial charge in [-0.25, -0.2) is 4.79 Å². The molecule has 8 heteroatoms. The number of benzene rings is 1. The summed E-state index contributed by atoms with van der Waals surface area (Å²) in [5.74, 6) is -0.413. The average Bonchev–Trinajstić information content (AvgIpc) is 2.82. The summed E-state index contributed by atoms with van der Waals surface area (Å²) in [6, 6.07) is 7.31. The lowest BCUT2D eigenvalue weighted by Gasteiger charge is -2.18. The van der Waals surface area contributed by atoms with Gasteiger partial charge in [0.25, 0.3) is 0 Å². The van der Waals surface area contributed by atoms with Gasteiger partial charge in [-0.1, -0.05) is 19.1 Å². The molecule has 0 aliphatic rings. The number of fused-ring (bicyclic) bond motifs is 1. The van der Waals surface area contributed by atoms with Crippen LogP contribution in [0.3, 0.4) is 0 Å². The highest BCUT2D eigenvalue weighted by atomic mass is 19.4. The van der Waals surface area contributed by atoms with E-state index in [1.807, 2.05) is 25.1 Å². The Kier molecular flexibility index (Phi) is 5.92. The van der Waals surface area contributed by atoms with Crippen LogP contribution < -0.4 is 5.69 Å².